The highest BCUT2D eigenvalue weighted by atomic mass is 16.6. The zero-order valence-corrected chi connectivity index (χ0v) is 14.5. The van der Waals surface area contributed by atoms with Gasteiger partial charge < -0.3 is 19.3 Å². The molecule has 2 atom stereocenters. The molecule has 10 nitrogen and oxygen atoms in total. The molecule has 1 aliphatic heterocycles. The summed E-state index contributed by atoms with van der Waals surface area (Å²) in [6.07, 6.45) is 4.42. The predicted molar refractivity (Wildman–Crippen MR) is 92.7 cm³/mol. The van der Waals surface area contributed by atoms with Crippen LogP contribution in [0, 0.1) is 10.1 Å². The number of carboxylic acid groups (broad SMARTS) is 1. The largest absolute Gasteiger partial charge is 0.481 e. The number of ether oxygens (including phenoxy) is 1. The normalized spacial score (nSPS) is 19.2. The Morgan fingerprint density at radius 1 is 1.44 bits per heavy atom. The van der Waals surface area contributed by atoms with E-state index in [4.69, 9.17) is 9.84 Å². The molecule has 2 aromatic rings. The van der Waals surface area contributed by atoms with Gasteiger partial charge in [-0.15, -0.1) is 0 Å². The minimum absolute atomic E-state index is 0.123. The maximum Gasteiger partial charge on any atom is 0.305 e. The molecule has 1 N–H and O–H groups in total. The summed E-state index contributed by atoms with van der Waals surface area (Å²) in [4.78, 5) is 40.2. The third-order valence-corrected chi connectivity index (χ3v) is 4.58. The van der Waals surface area contributed by atoms with Gasteiger partial charge in [-0.3, -0.25) is 19.7 Å². The lowest BCUT2D eigenvalue weighted by Crippen LogP contribution is -2.37. The van der Waals surface area contributed by atoms with Crippen LogP contribution in [0.15, 0.2) is 36.9 Å². The summed E-state index contributed by atoms with van der Waals surface area (Å²) in [6, 6.07) is 3.65. The summed E-state index contributed by atoms with van der Waals surface area (Å²) in [5.74, 6) is -1.47. The van der Waals surface area contributed by atoms with Gasteiger partial charge in [0, 0.05) is 43.7 Å². The third-order valence-electron chi connectivity index (χ3n) is 4.58. The molecule has 10 heteroatoms. The average Bonchev–Trinajstić information content (AvgIpc) is 3.30. The summed E-state index contributed by atoms with van der Waals surface area (Å²) in [7, 11) is 1.50. The molecule has 27 heavy (non-hydrogen) atoms. The molecule has 142 valence electrons. The number of carbonyl (C=O) groups is 2. The third kappa shape index (κ3) is 3.80. The summed E-state index contributed by atoms with van der Waals surface area (Å²) in [6.45, 7) is 0.240. The molecule has 2 unspecified atom stereocenters. The molecule has 1 aromatic carbocycles. The molecule has 0 radical (unpaired) electrons. The second-order valence-electron chi connectivity index (χ2n) is 6.23. The fourth-order valence-electron chi connectivity index (χ4n) is 3.28. The Kier molecular flexibility index (Phi) is 5.17. The Morgan fingerprint density at radius 3 is 2.81 bits per heavy atom. The summed E-state index contributed by atoms with van der Waals surface area (Å²) in [5, 5.41) is 20.6. The summed E-state index contributed by atoms with van der Waals surface area (Å²) in [5.41, 5.74) is 0.168. The minimum Gasteiger partial charge on any atom is -0.481 e. The van der Waals surface area contributed by atoms with E-state index in [0.717, 1.165) is 0 Å². The molecule has 1 amide bonds. The first kappa shape index (κ1) is 18.5. The first-order chi connectivity index (χ1) is 12.9. The molecule has 1 aromatic heterocycles. The predicted octanol–water partition coefficient (Wildman–Crippen LogP) is 1.48. The lowest BCUT2D eigenvalue weighted by atomic mass is 10.1. The van der Waals surface area contributed by atoms with Crippen LogP contribution in [-0.2, 0) is 9.53 Å². The van der Waals surface area contributed by atoms with Crippen LogP contribution in [0.25, 0.3) is 5.69 Å². The first-order valence-corrected chi connectivity index (χ1v) is 8.23. The van der Waals surface area contributed by atoms with Crippen molar-refractivity contribution in [2.75, 3.05) is 13.7 Å². The molecule has 1 saturated heterocycles. The van der Waals surface area contributed by atoms with Crippen LogP contribution in [-0.4, -0.2) is 62.2 Å². The van der Waals surface area contributed by atoms with Crippen molar-refractivity contribution in [1.82, 2.24) is 14.5 Å². The molecule has 0 saturated carbocycles. The monoisotopic (exact) mass is 374 g/mol. The van der Waals surface area contributed by atoms with Gasteiger partial charge >= 0.3 is 5.97 Å². The number of hydrogen-bond acceptors (Lipinski definition) is 6. The highest BCUT2D eigenvalue weighted by Crippen LogP contribution is 2.28. The van der Waals surface area contributed by atoms with Crippen molar-refractivity contribution in [2.45, 2.75) is 25.0 Å². The molecule has 2 heterocycles. The van der Waals surface area contributed by atoms with Gasteiger partial charge in [-0.05, 0) is 18.6 Å². The van der Waals surface area contributed by atoms with E-state index in [1.165, 1.54) is 47.3 Å². The van der Waals surface area contributed by atoms with Crippen LogP contribution in [0.1, 0.15) is 23.2 Å². The van der Waals surface area contributed by atoms with E-state index in [9.17, 15) is 19.7 Å². The smallest absolute Gasteiger partial charge is 0.305 e. The fourth-order valence-corrected chi connectivity index (χ4v) is 3.28. The molecule has 0 aliphatic carbocycles. The van der Waals surface area contributed by atoms with Gasteiger partial charge in [0.25, 0.3) is 11.6 Å². The maximum absolute atomic E-state index is 12.9. The van der Waals surface area contributed by atoms with Crippen LogP contribution in [0.5, 0.6) is 0 Å². The number of aliphatic carboxylic acids is 1. The van der Waals surface area contributed by atoms with Crippen LogP contribution < -0.4 is 0 Å². The van der Waals surface area contributed by atoms with Crippen molar-refractivity contribution < 1.29 is 24.4 Å². The van der Waals surface area contributed by atoms with E-state index in [2.05, 4.69) is 4.98 Å². The molecule has 0 bridgehead atoms. The van der Waals surface area contributed by atoms with Crippen LogP contribution in [0.3, 0.4) is 0 Å². The van der Waals surface area contributed by atoms with Crippen molar-refractivity contribution >= 4 is 17.6 Å². The Morgan fingerprint density at radius 2 is 2.22 bits per heavy atom. The molecule has 0 spiro atoms. The Balaban J connectivity index is 1.93. The number of carbonyl (C=O) groups excluding carboxylic acids is 1. The number of hydrogen-bond donors (Lipinski definition) is 1. The molecule has 1 aliphatic rings. The van der Waals surface area contributed by atoms with Crippen LogP contribution in [0.4, 0.5) is 5.69 Å². The Bertz CT molecular complexity index is 866. The van der Waals surface area contributed by atoms with Gasteiger partial charge in [0.2, 0.25) is 0 Å². The number of aromatic nitrogens is 2. The average molecular weight is 374 g/mol. The number of imidazole rings is 1. The lowest BCUT2D eigenvalue weighted by molar-refractivity contribution is -0.384. The molecule has 1 fully saturated rings. The number of rotatable bonds is 6. The van der Waals surface area contributed by atoms with Gasteiger partial charge in [-0.1, -0.05) is 0 Å². The van der Waals surface area contributed by atoms with Gasteiger partial charge in [0.1, 0.15) is 5.69 Å². The standard InChI is InChI=1S/C17H18N4O6/c1-27-13-7-12(8-16(22)23)20(9-13)17(24)11-2-3-14(15(6-11)21(25)26)19-5-4-18-10-19/h2-6,10,12-13H,7-9H2,1H3,(H,22,23). The van der Waals surface area contributed by atoms with E-state index < -0.39 is 22.8 Å². The zero-order chi connectivity index (χ0) is 19.6. The minimum atomic E-state index is -1.02. The zero-order valence-electron chi connectivity index (χ0n) is 14.5. The van der Waals surface area contributed by atoms with E-state index >= 15 is 0 Å². The van der Waals surface area contributed by atoms with Crippen LogP contribution in [0.2, 0.25) is 0 Å². The highest BCUT2D eigenvalue weighted by molar-refractivity contribution is 5.96. The van der Waals surface area contributed by atoms with Crippen molar-refractivity contribution in [3.05, 3.63) is 52.6 Å². The maximum atomic E-state index is 12.9. The number of nitro benzene ring substituents is 1. The second-order valence-corrected chi connectivity index (χ2v) is 6.23. The van der Waals surface area contributed by atoms with Gasteiger partial charge in [0.05, 0.1) is 23.8 Å². The number of nitrogens with zero attached hydrogens (tertiary/aromatic N) is 4. The van der Waals surface area contributed by atoms with Crippen molar-refractivity contribution in [2.24, 2.45) is 0 Å². The first-order valence-electron chi connectivity index (χ1n) is 8.23. The van der Waals surface area contributed by atoms with Crippen molar-refractivity contribution in [3.8, 4) is 5.69 Å². The van der Waals surface area contributed by atoms with E-state index in [-0.39, 0.29) is 36.0 Å². The molecular weight excluding hydrogens is 356 g/mol. The van der Waals surface area contributed by atoms with Gasteiger partial charge in [0.15, 0.2) is 0 Å². The van der Waals surface area contributed by atoms with Gasteiger partial charge in [-0.25, -0.2) is 4.98 Å². The number of amides is 1. The number of carboxylic acids is 1. The lowest BCUT2D eigenvalue weighted by Gasteiger charge is -2.23. The number of nitro groups is 1. The number of likely N-dealkylation sites (tertiary alicyclic amines) is 1. The topological polar surface area (TPSA) is 128 Å². The number of benzene rings is 1. The number of methoxy groups -OCH3 is 1. The van der Waals surface area contributed by atoms with Crippen molar-refractivity contribution in [1.29, 1.82) is 0 Å². The molecular formula is C17H18N4O6. The Hall–Kier alpha value is -3.27. The fraction of sp³-hybridized carbons (Fsp3) is 0.353. The van der Waals surface area contributed by atoms with E-state index in [1.807, 2.05) is 0 Å². The van der Waals surface area contributed by atoms with Crippen LogP contribution >= 0.6 is 0 Å². The van der Waals surface area contributed by atoms with Crippen molar-refractivity contribution in [3.63, 3.8) is 0 Å². The quantitative estimate of drug-likeness (QED) is 0.599. The van der Waals surface area contributed by atoms with E-state index in [0.29, 0.717) is 6.42 Å². The van der Waals surface area contributed by atoms with E-state index in [1.54, 1.807) is 6.20 Å². The van der Waals surface area contributed by atoms with Gasteiger partial charge in [-0.2, -0.15) is 0 Å². The second kappa shape index (κ2) is 7.54. The Labute approximate surface area is 154 Å². The SMILES string of the molecule is COC1CC(CC(=O)O)N(C(=O)c2ccc(-n3ccnc3)c([N+](=O)[O-])c2)C1. The summed E-state index contributed by atoms with van der Waals surface area (Å²) >= 11 is 0. The summed E-state index contributed by atoms with van der Waals surface area (Å²) < 4.78 is 6.75. The molecule has 3 rings (SSSR count). The highest BCUT2D eigenvalue weighted by Gasteiger charge is 2.37.